The Kier molecular flexibility index (Phi) is 5.43. The molecule has 3 heterocycles. The Hall–Kier alpha value is -2.67. The van der Waals surface area contributed by atoms with Crippen molar-refractivity contribution in [1.82, 2.24) is 19.8 Å². The van der Waals surface area contributed by atoms with Crippen LogP contribution in [0.4, 0.5) is 0 Å². The lowest BCUT2D eigenvalue weighted by Gasteiger charge is -2.26. The summed E-state index contributed by atoms with van der Waals surface area (Å²) in [5, 5.41) is 2.96. The summed E-state index contributed by atoms with van der Waals surface area (Å²) < 4.78 is 7.27. The third kappa shape index (κ3) is 3.80. The lowest BCUT2D eigenvalue weighted by atomic mass is 10.1. The van der Waals surface area contributed by atoms with Gasteiger partial charge < -0.3 is 19.5 Å². The molecule has 1 fully saturated rings. The fourth-order valence-electron chi connectivity index (χ4n) is 3.89. The molecule has 148 valence electrons. The number of amides is 2. The van der Waals surface area contributed by atoms with Crippen molar-refractivity contribution in [3.8, 4) is 0 Å². The zero-order valence-corrected chi connectivity index (χ0v) is 16.2. The summed E-state index contributed by atoms with van der Waals surface area (Å²) in [6.07, 6.45) is 2.79. The van der Waals surface area contributed by atoms with Gasteiger partial charge in [0.2, 0.25) is 0 Å². The van der Waals surface area contributed by atoms with Gasteiger partial charge in [-0.25, -0.2) is 4.98 Å². The molecule has 1 N–H and O–H groups in total. The van der Waals surface area contributed by atoms with Crippen molar-refractivity contribution in [2.24, 2.45) is 0 Å². The van der Waals surface area contributed by atoms with E-state index < -0.39 is 0 Å². The molecular formula is C21H26N4O3. The number of aromatic nitrogens is 2. The molecule has 0 atom stereocenters. The van der Waals surface area contributed by atoms with Crippen LogP contribution in [0.25, 0.3) is 0 Å². The molecule has 0 aliphatic carbocycles. The minimum Gasteiger partial charge on any atom is -0.378 e. The SMILES string of the molecule is Cc1cccc(CNC(=O)c2nc(C(=O)N3CCOCC3)c3n2CCCC3)c1. The third-order valence-electron chi connectivity index (χ3n) is 5.36. The summed E-state index contributed by atoms with van der Waals surface area (Å²) in [5.41, 5.74) is 3.53. The Morgan fingerprint density at radius 1 is 1.18 bits per heavy atom. The van der Waals surface area contributed by atoms with Crippen molar-refractivity contribution in [2.45, 2.75) is 39.3 Å². The number of nitrogens with zero attached hydrogens (tertiary/aromatic N) is 3. The predicted molar refractivity (Wildman–Crippen MR) is 104 cm³/mol. The fraction of sp³-hybridized carbons (Fsp3) is 0.476. The van der Waals surface area contributed by atoms with Gasteiger partial charge in [-0.15, -0.1) is 0 Å². The molecule has 1 saturated heterocycles. The van der Waals surface area contributed by atoms with Crippen LogP contribution >= 0.6 is 0 Å². The van der Waals surface area contributed by atoms with Crippen LogP contribution in [-0.4, -0.2) is 52.6 Å². The first-order chi connectivity index (χ1) is 13.6. The average molecular weight is 382 g/mol. The van der Waals surface area contributed by atoms with Crippen molar-refractivity contribution in [3.63, 3.8) is 0 Å². The highest BCUT2D eigenvalue weighted by atomic mass is 16.5. The molecule has 2 aromatic rings. The quantitative estimate of drug-likeness (QED) is 0.877. The van der Waals surface area contributed by atoms with Gasteiger partial charge >= 0.3 is 0 Å². The van der Waals surface area contributed by atoms with Crippen molar-refractivity contribution in [2.75, 3.05) is 26.3 Å². The minimum absolute atomic E-state index is 0.0910. The largest absolute Gasteiger partial charge is 0.378 e. The van der Waals surface area contributed by atoms with Crippen molar-refractivity contribution < 1.29 is 14.3 Å². The number of nitrogens with one attached hydrogen (secondary N) is 1. The molecule has 7 nitrogen and oxygen atoms in total. The van der Waals surface area contributed by atoms with Crippen LogP contribution in [0.1, 0.15) is 50.8 Å². The van der Waals surface area contributed by atoms with E-state index in [1.807, 2.05) is 29.7 Å². The monoisotopic (exact) mass is 382 g/mol. The van der Waals surface area contributed by atoms with Crippen LogP contribution in [0.2, 0.25) is 0 Å². The second-order valence-corrected chi connectivity index (χ2v) is 7.42. The number of fused-ring (bicyclic) bond motifs is 1. The van der Waals surface area contributed by atoms with Crippen LogP contribution in [0.15, 0.2) is 24.3 Å². The van der Waals surface area contributed by atoms with Crippen molar-refractivity contribution in [3.05, 3.63) is 52.6 Å². The first-order valence-corrected chi connectivity index (χ1v) is 9.93. The van der Waals surface area contributed by atoms with E-state index in [1.165, 1.54) is 0 Å². The summed E-state index contributed by atoms with van der Waals surface area (Å²) in [5.74, 6) is 0.0244. The summed E-state index contributed by atoms with van der Waals surface area (Å²) in [6.45, 7) is 5.43. The van der Waals surface area contributed by atoms with Gasteiger partial charge in [0.25, 0.3) is 11.8 Å². The van der Waals surface area contributed by atoms with E-state index >= 15 is 0 Å². The highest BCUT2D eigenvalue weighted by molar-refractivity contribution is 5.97. The van der Waals surface area contributed by atoms with Gasteiger partial charge in [0, 0.05) is 26.2 Å². The average Bonchev–Trinajstić information content (AvgIpc) is 3.12. The Morgan fingerprint density at radius 2 is 2.00 bits per heavy atom. The third-order valence-corrected chi connectivity index (χ3v) is 5.36. The second-order valence-electron chi connectivity index (χ2n) is 7.42. The normalized spacial score (nSPS) is 16.5. The number of aryl methyl sites for hydroxylation is 1. The molecule has 0 radical (unpaired) electrons. The van der Waals surface area contributed by atoms with Crippen LogP contribution in [0, 0.1) is 6.92 Å². The second kappa shape index (κ2) is 8.14. The first kappa shape index (κ1) is 18.7. The maximum atomic E-state index is 13.0. The number of hydrogen-bond donors (Lipinski definition) is 1. The number of ether oxygens (including phenoxy) is 1. The number of imidazole rings is 1. The number of benzene rings is 1. The number of carbonyl (C=O) groups is 2. The lowest BCUT2D eigenvalue weighted by Crippen LogP contribution is -2.41. The van der Waals surface area contributed by atoms with Gasteiger partial charge in [0.1, 0.15) is 5.69 Å². The number of rotatable bonds is 4. The maximum Gasteiger partial charge on any atom is 0.287 e. The molecule has 0 bridgehead atoms. The molecule has 2 amide bonds. The maximum absolute atomic E-state index is 13.0. The molecule has 1 aromatic heterocycles. The Morgan fingerprint density at radius 3 is 2.79 bits per heavy atom. The molecular weight excluding hydrogens is 356 g/mol. The summed E-state index contributed by atoms with van der Waals surface area (Å²) in [6, 6.07) is 8.05. The molecule has 1 aromatic carbocycles. The van der Waals surface area contributed by atoms with E-state index in [0.29, 0.717) is 44.4 Å². The zero-order chi connectivity index (χ0) is 19.5. The van der Waals surface area contributed by atoms with E-state index in [2.05, 4.69) is 16.4 Å². The van der Waals surface area contributed by atoms with Gasteiger partial charge in [0.05, 0.1) is 18.9 Å². The molecule has 0 spiro atoms. The Labute approximate surface area is 164 Å². The van der Waals surface area contributed by atoms with Gasteiger partial charge in [-0.3, -0.25) is 9.59 Å². The van der Waals surface area contributed by atoms with Crippen molar-refractivity contribution >= 4 is 11.8 Å². The van der Waals surface area contributed by atoms with Crippen molar-refractivity contribution in [1.29, 1.82) is 0 Å². The summed E-state index contributed by atoms with van der Waals surface area (Å²) >= 11 is 0. The molecule has 4 rings (SSSR count). The fourth-order valence-corrected chi connectivity index (χ4v) is 3.89. The summed E-state index contributed by atoms with van der Waals surface area (Å²) in [4.78, 5) is 32.1. The van der Waals surface area contributed by atoms with Crippen LogP contribution in [0.5, 0.6) is 0 Å². The smallest absolute Gasteiger partial charge is 0.287 e. The zero-order valence-electron chi connectivity index (χ0n) is 16.2. The Balaban J connectivity index is 1.55. The molecule has 2 aliphatic rings. The van der Waals surface area contributed by atoms with Gasteiger partial charge in [-0.05, 0) is 31.7 Å². The van der Waals surface area contributed by atoms with Gasteiger partial charge in [-0.2, -0.15) is 0 Å². The lowest BCUT2D eigenvalue weighted by molar-refractivity contribution is 0.0298. The predicted octanol–water partition coefficient (Wildman–Crippen LogP) is 1.93. The number of carbonyl (C=O) groups excluding carboxylic acids is 2. The Bertz CT molecular complexity index is 884. The number of morpholine rings is 1. The van der Waals surface area contributed by atoms with Crippen LogP contribution < -0.4 is 5.32 Å². The van der Waals surface area contributed by atoms with Gasteiger partial charge in [-0.1, -0.05) is 29.8 Å². The molecule has 0 saturated carbocycles. The first-order valence-electron chi connectivity index (χ1n) is 9.93. The van der Waals surface area contributed by atoms with E-state index in [1.54, 1.807) is 4.90 Å². The van der Waals surface area contributed by atoms with E-state index in [4.69, 9.17) is 4.74 Å². The molecule has 0 unspecified atom stereocenters. The van der Waals surface area contributed by atoms with Crippen LogP contribution in [-0.2, 0) is 24.2 Å². The molecule has 7 heteroatoms. The van der Waals surface area contributed by atoms with Crippen LogP contribution in [0.3, 0.4) is 0 Å². The standard InChI is InChI=1S/C21H26N4O3/c1-15-5-4-6-16(13-15)14-22-20(26)19-23-18(17-7-2-3-8-25(17)19)21(27)24-9-11-28-12-10-24/h4-6,13H,2-3,7-12,14H2,1H3,(H,22,26). The highest BCUT2D eigenvalue weighted by Gasteiger charge is 2.30. The highest BCUT2D eigenvalue weighted by Crippen LogP contribution is 2.23. The molecule has 28 heavy (non-hydrogen) atoms. The molecule has 2 aliphatic heterocycles. The number of hydrogen-bond acceptors (Lipinski definition) is 4. The van der Waals surface area contributed by atoms with E-state index in [-0.39, 0.29) is 11.8 Å². The van der Waals surface area contributed by atoms with E-state index in [0.717, 1.165) is 42.6 Å². The van der Waals surface area contributed by atoms with Gasteiger partial charge in [0.15, 0.2) is 5.82 Å². The minimum atomic E-state index is -0.231. The topological polar surface area (TPSA) is 76.5 Å². The summed E-state index contributed by atoms with van der Waals surface area (Å²) in [7, 11) is 0. The van der Waals surface area contributed by atoms with E-state index in [9.17, 15) is 9.59 Å².